The zero-order valence-electron chi connectivity index (χ0n) is 14.4. The molecule has 3 N–H and O–H groups in total. The summed E-state index contributed by atoms with van der Waals surface area (Å²) in [7, 11) is 0. The summed E-state index contributed by atoms with van der Waals surface area (Å²) in [6, 6.07) is 6.88. The van der Waals surface area contributed by atoms with Crippen LogP contribution in [0, 0.1) is 5.82 Å². The molecule has 146 valence electrons. The fourth-order valence-corrected chi connectivity index (χ4v) is 4.35. The minimum Gasteiger partial charge on any atom is -0.379 e. The van der Waals surface area contributed by atoms with Gasteiger partial charge in [-0.05, 0) is 30.3 Å². The number of alkyl halides is 1. The van der Waals surface area contributed by atoms with Gasteiger partial charge in [0.25, 0.3) is 5.91 Å². The average molecular weight is 425 g/mol. The number of ether oxygens (including phenoxy) is 1. The Balaban J connectivity index is 1.70. The van der Waals surface area contributed by atoms with Crippen LogP contribution in [0.3, 0.4) is 0 Å². The Morgan fingerprint density at radius 1 is 1.32 bits per heavy atom. The number of pyridine rings is 1. The molecule has 2 aromatic rings. The topological polar surface area (TPSA) is 89.6 Å². The number of aliphatic imine (C=N–C) groups is 1. The first-order valence-corrected chi connectivity index (χ1v) is 9.67. The molecule has 2 aliphatic heterocycles. The van der Waals surface area contributed by atoms with Crippen LogP contribution >= 0.6 is 23.4 Å². The summed E-state index contributed by atoms with van der Waals surface area (Å²) >= 11 is 6.84. The van der Waals surface area contributed by atoms with Gasteiger partial charge in [0.2, 0.25) is 0 Å². The molecule has 1 saturated heterocycles. The normalized spacial score (nSPS) is 26.5. The zero-order valence-corrected chi connectivity index (χ0v) is 16.0. The fourth-order valence-electron chi connectivity index (χ4n) is 3.32. The van der Waals surface area contributed by atoms with Gasteiger partial charge in [-0.15, -0.1) is 0 Å². The molecular weight excluding hydrogens is 410 g/mol. The third-order valence-corrected chi connectivity index (χ3v) is 5.98. The number of amidine groups is 1. The number of halogens is 3. The number of nitrogens with one attached hydrogen (secondary N) is 1. The van der Waals surface area contributed by atoms with Crippen molar-refractivity contribution in [1.29, 1.82) is 0 Å². The van der Waals surface area contributed by atoms with Crippen LogP contribution in [-0.2, 0) is 10.3 Å². The van der Waals surface area contributed by atoms with Crippen molar-refractivity contribution in [3.05, 3.63) is 58.6 Å². The molecule has 0 radical (unpaired) electrons. The largest absolute Gasteiger partial charge is 0.379 e. The number of anilines is 1. The number of carbonyl (C=O) groups is 1. The van der Waals surface area contributed by atoms with Crippen LogP contribution in [0.4, 0.5) is 14.5 Å². The second kappa shape index (κ2) is 6.98. The zero-order chi connectivity index (χ0) is 19.9. The lowest BCUT2D eigenvalue weighted by Gasteiger charge is -2.38. The molecule has 0 spiro atoms. The molecule has 0 unspecified atom stereocenters. The number of hydrogen-bond donors (Lipinski definition) is 2. The quantitative estimate of drug-likeness (QED) is 0.790. The van der Waals surface area contributed by atoms with Gasteiger partial charge in [-0.1, -0.05) is 23.4 Å². The number of carbonyl (C=O) groups excluding carboxylic acids is 1. The van der Waals surface area contributed by atoms with E-state index in [0.29, 0.717) is 5.02 Å². The highest BCUT2D eigenvalue weighted by atomic mass is 35.5. The minimum absolute atomic E-state index is 0.00700. The van der Waals surface area contributed by atoms with E-state index in [9.17, 15) is 9.18 Å². The third kappa shape index (κ3) is 3.13. The summed E-state index contributed by atoms with van der Waals surface area (Å²) in [5, 5.41) is 3.18. The fraction of sp³-hybridized carbons (Fsp3) is 0.278. The van der Waals surface area contributed by atoms with Crippen LogP contribution in [0.1, 0.15) is 16.1 Å². The van der Waals surface area contributed by atoms with Crippen molar-refractivity contribution in [2.45, 2.75) is 11.2 Å². The van der Waals surface area contributed by atoms with E-state index >= 15 is 4.39 Å². The van der Waals surface area contributed by atoms with E-state index in [0.717, 1.165) is 17.8 Å². The Hall–Kier alpha value is -2.23. The van der Waals surface area contributed by atoms with Gasteiger partial charge < -0.3 is 15.8 Å². The van der Waals surface area contributed by atoms with Crippen molar-refractivity contribution in [3.8, 4) is 0 Å². The predicted octanol–water partition coefficient (Wildman–Crippen LogP) is 3.12. The molecule has 1 amide bonds. The summed E-state index contributed by atoms with van der Waals surface area (Å²) in [6.45, 7) is -0.348. The molecule has 10 heteroatoms. The molecule has 1 aromatic heterocycles. The number of nitrogens with zero attached hydrogens (tertiary/aromatic N) is 2. The average Bonchev–Trinajstić information content (AvgIpc) is 3.01. The second-order valence-corrected chi connectivity index (χ2v) is 8.00. The molecule has 2 aliphatic rings. The SMILES string of the molecule is NC1=N[C@@]2(c3cc(NC(=O)c4ccc(Cl)cn4)ccc3F)COC[C@@]2(F)CS1. The monoisotopic (exact) mass is 424 g/mol. The third-order valence-electron chi connectivity index (χ3n) is 4.76. The first-order chi connectivity index (χ1) is 13.3. The van der Waals surface area contributed by atoms with Crippen LogP contribution < -0.4 is 11.1 Å². The molecule has 1 aromatic carbocycles. The lowest BCUT2D eigenvalue weighted by molar-refractivity contribution is 0.102. The van der Waals surface area contributed by atoms with E-state index in [1.165, 1.54) is 30.5 Å². The Kier molecular flexibility index (Phi) is 4.76. The Bertz CT molecular complexity index is 975. The van der Waals surface area contributed by atoms with Crippen LogP contribution in [0.2, 0.25) is 5.02 Å². The number of thioether (sulfide) groups is 1. The molecule has 1 fully saturated rings. The molecule has 28 heavy (non-hydrogen) atoms. The molecule has 4 rings (SSSR count). The van der Waals surface area contributed by atoms with Crippen molar-refractivity contribution < 1.29 is 18.3 Å². The molecule has 3 heterocycles. The highest BCUT2D eigenvalue weighted by Gasteiger charge is 2.61. The van der Waals surface area contributed by atoms with Crippen LogP contribution in [0.5, 0.6) is 0 Å². The summed E-state index contributed by atoms with van der Waals surface area (Å²) < 4.78 is 35.6. The maximum Gasteiger partial charge on any atom is 0.274 e. The number of benzene rings is 1. The predicted molar refractivity (Wildman–Crippen MR) is 104 cm³/mol. The lowest BCUT2D eigenvalue weighted by Crippen LogP contribution is -2.52. The number of aromatic nitrogens is 1. The number of amides is 1. The standard InChI is InChI=1S/C18H15ClF2N4O2S/c19-10-1-4-14(23-6-10)15(26)24-11-2-3-13(20)12(5-11)18-8-27-7-17(18,21)9-28-16(22)25-18/h1-6H,7-9H2,(H2,22,25)(H,24,26)/t17-,18-/m1/s1. The van der Waals surface area contributed by atoms with Gasteiger partial charge in [0.05, 0.1) is 18.2 Å². The molecular formula is C18H15ClF2N4O2S. The van der Waals surface area contributed by atoms with E-state index in [-0.39, 0.29) is 41.1 Å². The van der Waals surface area contributed by atoms with Crippen LogP contribution in [-0.4, -0.2) is 40.7 Å². The minimum atomic E-state index is -1.90. The highest BCUT2D eigenvalue weighted by molar-refractivity contribution is 8.13. The van der Waals surface area contributed by atoms with Crippen molar-refractivity contribution in [2.75, 3.05) is 24.3 Å². The molecule has 0 saturated carbocycles. The summed E-state index contributed by atoms with van der Waals surface area (Å²) in [5.74, 6) is -1.16. The molecule has 6 nitrogen and oxygen atoms in total. The van der Waals surface area contributed by atoms with Crippen molar-refractivity contribution >= 4 is 40.1 Å². The van der Waals surface area contributed by atoms with Crippen molar-refractivity contribution in [3.63, 3.8) is 0 Å². The maximum absolute atomic E-state index is 15.6. The number of nitrogens with two attached hydrogens (primary N) is 1. The lowest BCUT2D eigenvalue weighted by atomic mass is 9.79. The molecule has 0 aliphatic carbocycles. The maximum atomic E-state index is 15.6. The summed E-state index contributed by atoms with van der Waals surface area (Å²) in [6.07, 6.45) is 1.34. The molecule has 2 atom stereocenters. The van der Waals surface area contributed by atoms with Gasteiger partial charge in [-0.2, -0.15) is 0 Å². The van der Waals surface area contributed by atoms with Gasteiger partial charge in [-0.3, -0.25) is 4.79 Å². The van der Waals surface area contributed by atoms with E-state index in [4.69, 9.17) is 22.1 Å². The number of hydrogen-bond acceptors (Lipinski definition) is 6. The summed E-state index contributed by atoms with van der Waals surface area (Å²) in [4.78, 5) is 20.6. The van der Waals surface area contributed by atoms with Gasteiger partial charge >= 0.3 is 0 Å². The molecule has 0 bridgehead atoms. The van der Waals surface area contributed by atoms with E-state index < -0.39 is 22.9 Å². The Labute approximate surface area is 168 Å². The first kappa shape index (κ1) is 19.1. The van der Waals surface area contributed by atoms with Crippen molar-refractivity contribution in [2.24, 2.45) is 10.7 Å². The van der Waals surface area contributed by atoms with Gasteiger partial charge in [0, 0.05) is 23.2 Å². The highest BCUT2D eigenvalue weighted by Crippen LogP contribution is 2.50. The Morgan fingerprint density at radius 3 is 2.89 bits per heavy atom. The number of fused-ring (bicyclic) bond motifs is 1. The van der Waals surface area contributed by atoms with Crippen LogP contribution in [0.15, 0.2) is 41.5 Å². The van der Waals surface area contributed by atoms with E-state index in [1.54, 1.807) is 0 Å². The number of rotatable bonds is 3. The van der Waals surface area contributed by atoms with E-state index in [1.807, 2.05) is 0 Å². The van der Waals surface area contributed by atoms with Gasteiger partial charge in [0.1, 0.15) is 11.5 Å². The van der Waals surface area contributed by atoms with Crippen LogP contribution in [0.25, 0.3) is 0 Å². The summed E-state index contributed by atoms with van der Waals surface area (Å²) in [5.41, 5.74) is 2.71. The van der Waals surface area contributed by atoms with Crippen molar-refractivity contribution in [1.82, 2.24) is 4.98 Å². The smallest absolute Gasteiger partial charge is 0.274 e. The second-order valence-electron chi connectivity index (χ2n) is 6.57. The van der Waals surface area contributed by atoms with Gasteiger partial charge in [-0.25, -0.2) is 18.8 Å². The van der Waals surface area contributed by atoms with E-state index in [2.05, 4.69) is 15.3 Å². The Morgan fingerprint density at radius 2 is 2.14 bits per heavy atom. The first-order valence-electron chi connectivity index (χ1n) is 8.31. The van der Waals surface area contributed by atoms with Gasteiger partial charge in [0.15, 0.2) is 16.4 Å².